The summed E-state index contributed by atoms with van der Waals surface area (Å²) in [7, 11) is 0. The number of rotatable bonds is 0. The molecule has 0 bridgehead atoms. The van der Waals surface area contributed by atoms with E-state index in [1.807, 2.05) is 30.3 Å². The fourth-order valence-electron chi connectivity index (χ4n) is 1.89. The molecule has 0 unspecified atom stereocenters. The first-order valence-corrected chi connectivity index (χ1v) is 6.11. The predicted molar refractivity (Wildman–Crippen MR) is 74.9 cm³/mol. The summed E-state index contributed by atoms with van der Waals surface area (Å²) in [5, 5.41) is 8.74. The van der Waals surface area contributed by atoms with Crippen LogP contribution >= 0.6 is 0 Å². The van der Waals surface area contributed by atoms with Gasteiger partial charge in [-0.25, -0.2) is 4.79 Å². The quantitative estimate of drug-likeness (QED) is 0.727. The molecular weight excluding hydrogens is 241 g/mol. The van der Waals surface area contributed by atoms with Crippen LogP contribution in [0.15, 0.2) is 30.5 Å². The summed E-state index contributed by atoms with van der Waals surface area (Å²) in [6, 6.07) is 7.78. The van der Waals surface area contributed by atoms with Crippen molar-refractivity contribution in [3.8, 4) is 0 Å². The minimum absolute atomic E-state index is 0. The molecule has 2 heterocycles. The van der Waals surface area contributed by atoms with Gasteiger partial charge in [0.25, 0.3) is 0 Å². The lowest BCUT2D eigenvalue weighted by Crippen LogP contribution is -2.25. The van der Waals surface area contributed by atoms with E-state index in [4.69, 9.17) is 9.84 Å². The molecule has 1 aromatic rings. The maximum absolute atomic E-state index is 10.6. The molecule has 0 aliphatic carbocycles. The summed E-state index contributed by atoms with van der Waals surface area (Å²) >= 11 is 0. The van der Waals surface area contributed by atoms with Gasteiger partial charge in [-0.15, -0.1) is 0 Å². The van der Waals surface area contributed by atoms with Gasteiger partial charge >= 0.3 is 6.09 Å². The van der Waals surface area contributed by atoms with Crippen molar-refractivity contribution < 1.29 is 14.6 Å². The van der Waals surface area contributed by atoms with E-state index < -0.39 is 6.09 Å². The normalized spacial score (nSPS) is 15.9. The molecule has 3 rings (SSSR count). The van der Waals surface area contributed by atoms with E-state index in [9.17, 15) is 4.79 Å². The van der Waals surface area contributed by atoms with Crippen molar-refractivity contribution in [3.63, 3.8) is 0 Å². The molecule has 1 aromatic carbocycles. The second-order valence-electron chi connectivity index (χ2n) is 4.24. The van der Waals surface area contributed by atoms with E-state index >= 15 is 0 Å². The second kappa shape index (κ2) is 7.64. The lowest BCUT2D eigenvalue weighted by Gasteiger charge is -2.20. The zero-order valence-electron chi connectivity index (χ0n) is 10.8. The summed E-state index contributed by atoms with van der Waals surface area (Å²) in [6.45, 7) is 2.45. The zero-order valence-corrected chi connectivity index (χ0v) is 10.8. The second-order valence-corrected chi connectivity index (χ2v) is 4.24. The third-order valence-electron chi connectivity index (χ3n) is 2.90. The molecule has 2 aliphatic heterocycles. The summed E-state index contributed by atoms with van der Waals surface area (Å²) < 4.78 is 4.94. The van der Waals surface area contributed by atoms with Crippen molar-refractivity contribution in [1.82, 2.24) is 4.90 Å². The van der Waals surface area contributed by atoms with Crippen molar-refractivity contribution in [2.24, 2.45) is 0 Å². The lowest BCUT2D eigenvalue weighted by molar-refractivity contribution is 0.161. The molecule has 0 saturated carbocycles. The van der Waals surface area contributed by atoms with Gasteiger partial charge in [0, 0.05) is 27.8 Å². The van der Waals surface area contributed by atoms with Crippen LogP contribution in [-0.4, -0.2) is 37.7 Å². The van der Waals surface area contributed by atoms with E-state index in [0.29, 0.717) is 6.54 Å². The van der Waals surface area contributed by atoms with Crippen LogP contribution in [0, 0.1) is 0 Å². The van der Waals surface area contributed by atoms with Crippen LogP contribution in [0.25, 0.3) is 6.08 Å². The van der Waals surface area contributed by atoms with E-state index in [1.165, 1.54) is 17.7 Å². The van der Waals surface area contributed by atoms with Crippen LogP contribution in [0.3, 0.4) is 0 Å². The molecule has 1 saturated heterocycles. The Morgan fingerprint density at radius 1 is 1.21 bits per heavy atom. The molecule has 4 nitrogen and oxygen atoms in total. The smallest absolute Gasteiger partial charge is 0.411 e. The van der Waals surface area contributed by atoms with Crippen LogP contribution < -0.4 is 0 Å². The number of hydrogen-bond acceptors (Lipinski definition) is 2. The van der Waals surface area contributed by atoms with E-state index in [1.54, 1.807) is 6.20 Å². The van der Waals surface area contributed by atoms with Gasteiger partial charge in [-0.05, 0) is 30.0 Å². The van der Waals surface area contributed by atoms with Crippen LogP contribution in [-0.2, 0) is 11.3 Å². The number of amides is 1. The Balaban J connectivity index is 0.000000256. The Labute approximate surface area is 115 Å². The van der Waals surface area contributed by atoms with Gasteiger partial charge < -0.3 is 9.84 Å². The van der Waals surface area contributed by atoms with Gasteiger partial charge in [-0.2, -0.15) is 0 Å². The minimum Gasteiger partial charge on any atom is -0.465 e. The molecule has 2 aliphatic rings. The van der Waals surface area contributed by atoms with Crippen molar-refractivity contribution >= 4 is 20.6 Å². The van der Waals surface area contributed by atoms with Crippen molar-refractivity contribution in [3.05, 3.63) is 41.6 Å². The van der Waals surface area contributed by atoms with Gasteiger partial charge in [0.1, 0.15) is 0 Å². The Hall–Kier alpha value is -1.75. The molecule has 0 atom stereocenters. The Morgan fingerprint density at radius 2 is 1.89 bits per heavy atom. The molecule has 5 heteroatoms. The van der Waals surface area contributed by atoms with Gasteiger partial charge in [-0.1, -0.05) is 24.3 Å². The molecule has 3 radical (unpaired) electrons. The highest BCUT2D eigenvalue weighted by Gasteiger charge is 2.14. The SMILES string of the molecule is C1CCOC1.O=C(O)N1C=Cc2ccccc2C1.[B]. The molecule has 0 spiro atoms. The van der Waals surface area contributed by atoms with Crippen molar-refractivity contribution in [2.45, 2.75) is 19.4 Å². The standard InChI is InChI=1S/C10H9NO2.C4H8O.B/c12-10(13)11-6-5-8-3-1-2-4-9(8)7-11;1-2-4-5-3-1;/h1-6H,7H2,(H,12,13);1-4H2;. The first kappa shape index (κ1) is 15.3. The van der Waals surface area contributed by atoms with Crippen LogP contribution in [0.2, 0.25) is 0 Å². The van der Waals surface area contributed by atoms with E-state index in [2.05, 4.69) is 0 Å². The predicted octanol–water partition coefficient (Wildman–Crippen LogP) is 2.57. The van der Waals surface area contributed by atoms with Gasteiger partial charge in [0.05, 0.1) is 6.54 Å². The zero-order chi connectivity index (χ0) is 12.8. The highest BCUT2D eigenvalue weighted by molar-refractivity contribution is 5.75. The van der Waals surface area contributed by atoms with Crippen LogP contribution in [0.5, 0.6) is 0 Å². The molecule has 1 amide bonds. The third kappa shape index (κ3) is 4.45. The summed E-state index contributed by atoms with van der Waals surface area (Å²) in [5.74, 6) is 0. The number of fused-ring (bicyclic) bond motifs is 1. The number of carbonyl (C=O) groups is 1. The fourth-order valence-corrected chi connectivity index (χ4v) is 1.89. The number of hydrogen-bond donors (Lipinski definition) is 1. The number of benzene rings is 1. The van der Waals surface area contributed by atoms with Crippen LogP contribution in [0.4, 0.5) is 4.79 Å². The Bertz CT molecular complexity index is 436. The van der Waals surface area contributed by atoms with Crippen molar-refractivity contribution in [1.29, 1.82) is 0 Å². The molecule has 99 valence electrons. The van der Waals surface area contributed by atoms with E-state index in [0.717, 1.165) is 24.3 Å². The highest BCUT2D eigenvalue weighted by atomic mass is 16.5. The summed E-state index contributed by atoms with van der Waals surface area (Å²) in [5.41, 5.74) is 2.15. The molecule has 1 N–H and O–H groups in total. The van der Waals surface area contributed by atoms with E-state index in [-0.39, 0.29) is 8.41 Å². The summed E-state index contributed by atoms with van der Waals surface area (Å²) in [6.07, 6.45) is 5.04. The Kier molecular flexibility index (Phi) is 6.16. The van der Waals surface area contributed by atoms with Gasteiger partial charge in [-0.3, -0.25) is 4.90 Å². The molecular formula is C14H17BNO3. The lowest BCUT2D eigenvalue weighted by atomic mass is 10.1. The average Bonchev–Trinajstić information content (AvgIpc) is 2.97. The summed E-state index contributed by atoms with van der Waals surface area (Å²) in [4.78, 5) is 11.9. The molecule has 1 fully saturated rings. The number of nitrogens with zero attached hydrogens (tertiary/aromatic N) is 1. The minimum atomic E-state index is -0.911. The monoisotopic (exact) mass is 258 g/mol. The third-order valence-corrected chi connectivity index (χ3v) is 2.90. The molecule has 0 aromatic heterocycles. The largest absolute Gasteiger partial charge is 0.465 e. The highest BCUT2D eigenvalue weighted by Crippen LogP contribution is 2.18. The van der Waals surface area contributed by atoms with Gasteiger partial charge in [0.15, 0.2) is 0 Å². The van der Waals surface area contributed by atoms with Gasteiger partial charge in [0.2, 0.25) is 0 Å². The number of ether oxygens (including phenoxy) is 1. The van der Waals surface area contributed by atoms with Crippen molar-refractivity contribution in [2.75, 3.05) is 13.2 Å². The fraction of sp³-hybridized carbons (Fsp3) is 0.357. The maximum Gasteiger partial charge on any atom is 0.411 e. The average molecular weight is 258 g/mol. The first-order chi connectivity index (χ1) is 8.77. The first-order valence-electron chi connectivity index (χ1n) is 6.11. The van der Waals surface area contributed by atoms with Crippen LogP contribution in [0.1, 0.15) is 24.0 Å². The maximum atomic E-state index is 10.6. The topological polar surface area (TPSA) is 49.8 Å². The Morgan fingerprint density at radius 3 is 2.47 bits per heavy atom. The number of carboxylic acid groups (broad SMARTS) is 1. The molecule has 19 heavy (non-hydrogen) atoms.